The molecule has 2 unspecified atom stereocenters. The summed E-state index contributed by atoms with van der Waals surface area (Å²) in [6.45, 7) is 7.21. The van der Waals surface area contributed by atoms with Crippen molar-refractivity contribution in [2.24, 2.45) is 11.7 Å². The fraction of sp³-hybridized carbons (Fsp3) is 0.923. The van der Waals surface area contributed by atoms with Crippen molar-refractivity contribution in [3.8, 4) is 0 Å². The first-order valence-electron chi connectivity index (χ1n) is 6.55. The predicted molar refractivity (Wildman–Crippen MR) is 70.7 cm³/mol. The third-order valence-corrected chi connectivity index (χ3v) is 3.40. The van der Waals surface area contributed by atoms with Gasteiger partial charge in [-0.2, -0.15) is 0 Å². The van der Waals surface area contributed by atoms with E-state index >= 15 is 0 Å². The molecule has 0 aliphatic heterocycles. The minimum absolute atomic E-state index is 0.0997. The monoisotopic (exact) mass is 241 g/mol. The SMILES string of the molecule is CN(CC(=O)NC(C)(C)C)C1CCCC1CN. The average molecular weight is 241 g/mol. The second kappa shape index (κ2) is 5.83. The Hall–Kier alpha value is -0.610. The maximum absolute atomic E-state index is 11.8. The molecule has 0 aromatic rings. The molecule has 100 valence electrons. The average Bonchev–Trinajstić information content (AvgIpc) is 2.61. The summed E-state index contributed by atoms with van der Waals surface area (Å²) in [4.78, 5) is 14.0. The van der Waals surface area contributed by atoms with Gasteiger partial charge < -0.3 is 11.1 Å². The number of carbonyl (C=O) groups excluding carboxylic acids is 1. The fourth-order valence-corrected chi connectivity index (χ4v) is 2.67. The maximum atomic E-state index is 11.8. The van der Waals surface area contributed by atoms with Crippen molar-refractivity contribution in [2.45, 2.75) is 51.6 Å². The highest BCUT2D eigenvalue weighted by molar-refractivity contribution is 5.78. The van der Waals surface area contributed by atoms with E-state index in [2.05, 4.69) is 10.2 Å². The summed E-state index contributed by atoms with van der Waals surface area (Å²) in [7, 11) is 2.03. The Kier molecular flexibility index (Phi) is 4.95. The fourth-order valence-electron chi connectivity index (χ4n) is 2.67. The molecule has 4 heteroatoms. The lowest BCUT2D eigenvalue weighted by Gasteiger charge is -2.30. The zero-order valence-corrected chi connectivity index (χ0v) is 11.6. The molecule has 1 aliphatic rings. The molecule has 1 rings (SSSR count). The molecule has 1 aliphatic carbocycles. The van der Waals surface area contributed by atoms with E-state index in [1.165, 1.54) is 19.3 Å². The van der Waals surface area contributed by atoms with Crippen LogP contribution in [-0.4, -0.2) is 42.5 Å². The number of likely N-dealkylation sites (N-methyl/N-ethyl adjacent to an activating group) is 1. The van der Waals surface area contributed by atoms with E-state index in [-0.39, 0.29) is 11.4 Å². The summed E-state index contributed by atoms with van der Waals surface area (Å²) in [5.41, 5.74) is 5.62. The highest BCUT2D eigenvalue weighted by atomic mass is 16.2. The summed E-state index contributed by atoms with van der Waals surface area (Å²) in [6.07, 6.45) is 3.60. The van der Waals surface area contributed by atoms with Crippen molar-refractivity contribution in [1.82, 2.24) is 10.2 Å². The minimum atomic E-state index is -0.152. The van der Waals surface area contributed by atoms with Crippen molar-refractivity contribution in [2.75, 3.05) is 20.1 Å². The molecular weight excluding hydrogens is 214 g/mol. The van der Waals surface area contributed by atoms with Crippen LogP contribution in [0.3, 0.4) is 0 Å². The Morgan fingerprint density at radius 3 is 2.59 bits per heavy atom. The molecule has 3 N–H and O–H groups in total. The van der Waals surface area contributed by atoms with Crippen molar-refractivity contribution < 1.29 is 4.79 Å². The van der Waals surface area contributed by atoms with Gasteiger partial charge in [0.05, 0.1) is 6.54 Å². The first kappa shape index (κ1) is 14.5. The van der Waals surface area contributed by atoms with Crippen LogP contribution in [0.2, 0.25) is 0 Å². The third-order valence-electron chi connectivity index (χ3n) is 3.40. The Morgan fingerprint density at radius 2 is 2.06 bits per heavy atom. The largest absolute Gasteiger partial charge is 0.350 e. The van der Waals surface area contributed by atoms with Crippen LogP contribution < -0.4 is 11.1 Å². The molecule has 1 amide bonds. The predicted octanol–water partition coefficient (Wildman–Crippen LogP) is 0.960. The normalized spacial score (nSPS) is 25.3. The summed E-state index contributed by atoms with van der Waals surface area (Å²) in [5.74, 6) is 0.658. The smallest absolute Gasteiger partial charge is 0.234 e. The van der Waals surface area contributed by atoms with Crippen LogP contribution in [0.4, 0.5) is 0 Å². The molecule has 0 saturated heterocycles. The van der Waals surface area contributed by atoms with Crippen LogP contribution in [0, 0.1) is 5.92 Å². The molecule has 0 aromatic heterocycles. The van der Waals surface area contributed by atoms with Crippen LogP contribution in [0.25, 0.3) is 0 Å². The molecule has 1 fully saturated rings. The van der Waals surface area contributed by atoms with Crippen LogP contribution in [0.5, 0.6) is 0 Å². The van der Waals surface area contributed by atoms with Crippen molar-refractivity contribution >= 4 is 5.91 Å². The number of nitrogens with two attached hydrogens (primary N) is 1. The molecule has 17 heavy (non-hydrogen) atoms. The van der Waals surface area contributed by atoms with E-state index in [1.807, 2.05) is 27.8 Å². The number of amides is 1. The van der Waals surface area contributed by atoms with Gasteiger partial charge in [0.1, 0.15) is 0 Å². The van der Waals surface area contributed by atoms with E-state index in [0.29, 0.717) is 18.5 Å². The summed E-state index contributed by atoms with van der Waals surface area (Å²) in [5, 5.41) is 2.99. The van der Waals surface area contributed by atoms with Crippen LogP contribution in [0.1, 0.15) is 40.0 Å². The molecule has 0 bridgehead atoms. The van der Waals surface area contributed by atoms with E-state index in [9.17, 15) is 4.79 Å². The summed E-state index contributed by atoms with van der Waals surface area (Å²) in [6, 6.07) is 0.478. The summed E-state index contributed by atoms with van der Waals surface area (Å²) >= 11 is 0. The highest BCUT2D eigenvalue weighted by Gasteiger charge is 2.30. The lowest BCUT2D eigenvalue weighted by atomic mass is 10.0. The number of rotatable bonds is 4. The standard InChI is InChI=1S/C13H27N3O/c1-13(2,3)15-12(17)9-16(4)11-7-5-6-10(11)8-14/h10-11H,5-9,14H2,1-4H3,(H,15,17). The number of nitrogens with one attached hydrogen (secondary N) is 1. The second-order valence-corrected chi connectivity index (χ2v) is 6.21. The second-order valence-electron chi connectivity index (χ2n) is 6.21. The third kappa shape index (κ3) is 4.64. The quantitative estimate of drug-likeness (QED) is 0.771. The molecule has 4 nitrogen and oxygen atoms in total. The molecule has 2 atom stereocenters. The Morgan fingerprint density at radius 1 is 1.41 bits per heavy atom. The lowest BCUT2D eigenvalue weighted by molar-refractivity contribution is -0.124. The van der Waals surface area contributed by atoms with Crippen molar-refractivity contribution in [1.29, 1.82) is 0 Å². The van der Waals surface area contributed by atoms with Gasteiger partial charge in [0, 0.05) is 11.6 Å². The zero-order chi connectivity index (χ0) is 13.1. The Labute approximate surface area is 105 Å². The molecule has 0 heterocycles. The van der Waals surface area contributed by atoms with Crippen molar-refractivity contribution in [3.05, 3.63) is 0 Å². The van der Waals surface area contributed by atoms with E-state index in [0.717, 1.165) is 6.54 Å². The maximum Gasteiger partial charge on any atom is 0.234 e. The van der Waals surface area contributed by atoms with Gasteiger partial charge in [-0.25, -0.2) is 0 Å². The van der Waals surface area contributed by atoms with E-state index in [1.54, 1.807) is 0 Å². The van der Waals surface area contributed by atoms with Gasteiger partial charge >= 0.3 is 0 Å². The van der Waals surface area contributed by atoms with Gasteiger partial charge in [0.25, 0.3) is 0 Å². The minimum Gasteiger partial charge on any atom is -0.350 e. The number of carbonyl (C=O) groups is 1. The Bertz CT molecular complexity index is 260. The molecule has 0 radical (unpaired) electrons. The number of hydrogen-bond donors (Lipinski definition) is 2. The van der Waals surface area contributed by atoms with Gasteiger partial charge in [-0.1, -0.05) is 6.42 Å². The lowest BCUT2D eigenvalue weighted by Crippen LogP contribution is -2.48. The first-order valence-corrected chi connectivity index (χ1v) is 6.55. The van der Waals surface area contributed by atoms with E-state index < -0.39 is 0 Å². The van der Waals surface area contributed by atoms with Gasteiger partial charge in [0.2, 0.25) is 5.91 Å². The molecular formula is C13H27N3O. The Balaban J connectivity index is 2.43. The summed E-state index contributed by atoms with van der Waals surface area (Å²) < 4.78 is 0. The molecule has 0 aromatic carbocycles. The van der Waals surface area contributed by atoms with Gasteiger partial charge in [-0.15, -0.1) is 0 Å². The highest BCUT2D eigenvalue weighted by Crippen LogP contribution is 2.28. The van der Waals surface area contributed by atoms with Gasteiger partial charge in [0.15, 0.2) is 0 Å². The topological polar surface area (TPSA) is 58.4 Å². The van der Waals surface area contributed by atoms with Gasteiger partial charge in [-0.05, 0) is 53.1 Å². The van der Waals surface area contributed by atoms with Crippen LogP contribution in [0.15, 0.2) is 0 Å². The first-order chi connectivity index (χ1) is 7.83. The van der Waals surface area contributed by atoms with Crippen LogP contribution in [-0.2, 0) is 4.79 Å². The molecule has 1 saturated carbocycles. The molecule has 0 spiro atoms. The van der Waals surface area contributed by atoms with Gasteiger partial charge in [-0.3, -0.25) is 9.69 Å². The van der Waals surface area contributed by atoms with Crippen molar-refractivity contribution in [3.63, 3.8) is 0 Å². The van der Waals surface area contributed by atoms with E-state index in [4.69, 9.17) is 5.73 Å². The number of hydrogen-bond acceptors (Lipinski definition) is 3. The zero-order valence-electron chi connectivity index (χ0n) is 11.6. The number of nitrogens with zero attached hydrogens (tertiary/aromatic N) is 1. The van der Waals surface area contributed by atoms with Crippen LogP contribution >= 0.6 is 0 Å².